The second-order valence-corrected chi connectivity index (χ2v) is 22.5. The molecule has 0 heterocycles. The van der Waals surface area contributed by atoms with Crippen LogP contribution >= 0.6 is 0 Å². The Bertz CT molecular complexity index is 335. The molecule has 0 saturated heterocycles. The van der Waals surface area contributed by atoms with E-state index in [1.807, 2.05) is 5.54 Å². The molecule has 0 aromatic rings. The van der Waals surface area contributed by atoms with Gasteiger partial charge in [0.25, 0.3) is 0 Å². The first kappa shape index (κ1) is 15.4. The third kappa shape index (κ3) is 3.66. The Labute approximate surface area is 130 Å². The average molecular weight is 353 g/mol. The van der Waals surface area contributed by atoms with Crippen LogP contribution in [0.4, 0.5) is 0 Å². The average Bonchev–Trinajstić information content (AvgIpc) is 2.98. The molecule has 2 aliphatic carbocycles. The fourth-order valence-electron chi connectivity index (χ4n) is 2.72. The summed E-state index contributed by atoms with van der Waals surface area (Å²) in [5.41, 5.74) is 5.24. The van der Waals surface area contributed by atoms with Crippen LogP contribution in [0.5, 0.6) is 0 Å². The Kier molecular flexibility index (Phi) is 7.01. The smallest absolute Gasteiger partial charge is 0 e. The zero-order valence-electron chi connectivity index (χ0n) is 10.9. The van der Waals surface area contributed by atoms with Crippen LogP contribution in [-0.2, 0) is 26.2 Å². The molecule has 0 fully saturated rings. The molecule has 0 saturated carbocycles. The van der Waals surface area contributed by atoms with Gasteiger partial charge in [-0.05, 0) is 38.7 Å². The van der Waals surface area contributed by atoms with Gasteiger partial charge < -0.3 is 0 Å². The second kappa shape index (κ2) is 7.72. The standard InChI is InChI=1S/C13H21Si3.Zr/c1-14-16(15-2)13(11-7-3-4-8-11)12-9-5-6-10-12;/h3-7,9,16H,8,10,14-15H2,1-2H3;/q-1;. The molecule has 90 valence electrons. The number of rotatable bonds is 5. The van der Waals surface area contributed by atoms with Crippen molar-refractivity contribution in [2.24, 2.45) is 0 Å². The van der Waals surface area contributed by atoms with Gasteiger partial charge in [0, 0.05) is 26.2 Å². The Hall–Kier alpha value is 0.364. The van der Waals surface area contributed by atoms with Crippen molar-refractivity contribution in [3.63, 3.8) is 0 Å². The predicted molar refractivity (Wildman–Crippen MR) is 82.9 cm³/mol. The quantitative estimate of drug-likeness (QED) is 0.520. The van der Waals surface area contributed by atoms with Crippen molar-refractivity contribution in [1.29, 1.82) is 0 Å². The largest absolute Gasteiger partial charge is 0.161 e. The van der Waals surface area contributed by atoms with Gasteiger partial charge in [-0.2, -0.15) is 28.8 Å². The van der Waals surface area contributed by atoms with E-state index in [1.165, 1.54) is 12.8 Å². The minimum absolute atomic E-state index is 0. The topological polar surface area (TPSA) is 0 Å². The Balaban J connectivity index is 0.00000144. The fourth-order valence-corrected chi connectivity index (χ4v) is 18.1. The second-order valence-electron chi connectivity index (χ2n) is 4.58. The number of hydrogen-bond acceptors (Lipinski definition) is 0. The van der Waals surface area contributed by atoms with Gasteiger partial charge in [0.2, 0.25) is 0 Å². The molecular weight excluding hydrogens is 332 g/mol. The molecule has 0 aliphatic heterocycles. The summed E-state index contributed by atoms with van der Waals surface area (Å²) in [4.78, 5) is 0. The van der Waals surface area contributed by atoms with E-state index in [9.17, 15) is 0 Å². The third-order valence-electron chi connectivity index (χ3n) is 3.63. The normalized spacial score (nSPS) is 20.1. The maximum absolute atomic E-state index is 2.54. The van der Waals surface area contributed by atoms with Gasteiger partial charge in [0.05, 0.1) is 0 Å². The van der Waals surface area contributed by atoms with Gasteiger partial charge in [-0.15, -0.1) is 12.2 Å². The Morgan fingerprint density at radius 1 is 1.00 bits per heavy atom. The van der Waals surface area contributed by atoms with E-state index in [1.54, 1.807) is 11.1 Å². The van der Waals surface area contributed by atoms with Crippen LogP contribution < -0.4 is 0 Å². The molecule has 17 heavy (non-hydrogen) atoms. The Morgan fingerprint density at radius 2 is 1.47 bits per heavy atom. The first-order valence-electron chi connectivity index (χ1n) is 6.45. The molecule has 0 amide bonds. The fraction of sp³-hybridized carbons (Fsp3) is 0.308. The van der Waals surface area contributed by atoms with Crippen molar-refractivity contribution in [3.05, 3.63) is 53.1 Å². The van der Waals surface area contributed by atoms with Crippen LogP contribution in [0.15, 0.2) is 47.6 Å². The minimum atomic E-state index is -0.436. The maximum atomic E-state index is 2.54. The Morgan fingerprint density at radius 3 is 1.76 bits per heavy atom. The summed E-state index contributed by atoms with van der Waals surface area (Å²) in [5, 5.41) is 0. The minimum Gasteiger partial charge on any atom is -0.161 e. The van der Waals surface area contributed by atoms with E-state index in [0.29, 0.717) is 0 Å². The van der Waals surface area contributed by atoms with Gasteiger partial charge in [0.15, 0.2) is 0 Å². The summed E-state index contributed by atoms with van der Waals surface area (Å²) in [6, 6.07) is 0. The van der Waals surface area contributed by atoms with Crippen LogP contribution in [0.2, 0.25) is 13.1 Å². The summed E-state index contributed by atoms with van der Waals surface area (Å²) >= 11 is 0. The molecule has 4 heteroatoms. The van der Waals surface area contributed by atoms with Crippen molar-refractivity contribution >= 4 is 25.9 Å². The summed E-state index contributed by atoms with van der Waals surface area (Å²) in [7, 11) is 0.0436. The van der Waals surface area contributed by atoms with Gasteiger partial charge in [0.1, 0.15) is 0 Å². The number of allylic oxidation sites excluding steroid dienone is 8. The molecular formula is C13H21Si3Zr-. The molecule has 0 unspecified atom stereocenters. The zero-order chi connectivity index (χ0) is 11.4. The SMILES string of the molecule is C[SiH2][SiH]([SiH2]C)[C-](C1=CC=CC1)C1=CC=CC1.[Zr]. The van der Waals surface area contributed by atoms with E-state index in [-0.39, 0.29) is 44.3 Å². The van der Waals surface area contributed by atoms with E-state index in [4.69, 9.17) is 0 Å². The molecule has 0 atom stereocenters. The summed E-state index contributed by atoms with van der Waals surface area (Å²) in [6.45, 7) is 5.08. The molecule has 0 nitrogen and oxygen atoms in total. The van der Waals surface area contributed by atoms with Gasteiger partial charge >= 0.3 is 0 Å². The molecule has 0 N–H and O–H groups in total. The third-order valence-corrected chi connectivity index (χ3v) is 25.9. The van der Waals surface area contributed by atoms with E-state index < -0.39 is 7.83 Å². The maximum Gasteiger partial charge on any atom is 0 e. The van der Waals surface area contributed by atoms with Crippen molar-refractivity contribution in [3.8, 4) is 0 Å². The molecule has 0 aromatic heterocycles. The van der Waals surface area contributed by atoms with Crippen molar-refractivity contribution < 1.29 is 26.2 Å². The molecule has 2 aliphatic rings. The molecule has 0 radical (unpaired) electrons. The van der Waals surface area contributed by atoms with Crippen molar-refractivity contribution in [2.75, 3.05) is 0 Å². The van der Waals surface area contributed by atoms with E-state index >= 15 is 0 Å². The van der Waals surface area contributed by atoms with Crippen molar-refractivity contribution in [1.82, 2.24) is 0 Å². The molecule has 2 rings (SSSR count). The van der Waals surface area contributed by atoms with Crippen LogP contribution in [0.25, 0.3) is 0 Å². The van der Waals surface area contributed by atoms with Crippen LogP contribution in [0, 0.1) is 5.54 Å². The van der Waals surface area contributed by atoms with E-state index in [0.717, 1.165) is 0 Å². The summed E-state index contributed by atoms with van der Waals surface area (Å²) in [6.07, 6.45) is 16.3. The predicted octanol–water partition coefficient (Wildman–Crippen LogP) is 1.52. The summed E-state index contributed by atoms with van der Waals surface area (Å²) in [5.74, 6) is 0. The summed E-state index contributed by atoms with van der Waals surface area (Å²) < 4.78 is 0. The van der Waals surface area contributed by atoms with Crippen LogP contribution in [0.3, 0.4) is 0 Å². The molecule has 0 bridgehead atoms. The molecule has 0 spiro atoms. The van der Waals surface area contributed by atoms with Gasteiger partial charge in [-0.1, -0.05) is 25.2 Å². The first-order valence-corrected chi connectivity index (χ1v) is 16.4. The first-order chi connectivity index (χ1) is 7.86. The van der Waals surface area contributed by atoms with E-state index in [2.05, 4.69) is 49.6 Å². The van der Waals surface area contributed by atoms with Crippen molar-refractivity contribution in [2.45, 2.75) is 25.9 Å². The van der Waals surface area contributed by atoms with Crippen LogP contribution in [0.1, 0.15) is 12.8 Å². The number of hydrogen-bond donors (Lipinski definition) is 0. The van der Waals surface area contributed by atoms with Gasteiger partial charge in [-0.3, -0.25) is 0 Å². The molecule has 0 aromatic carbocycles. The van der Waals surface area contributed by atoms with Crippen LogP contribution in [-0.4, -0.2) is 25.9 Å². The zero-order valence-corrected chi connectivity index (χ0v) is 17.3. The van der Waals surface area contributed by atoms with Gasteiger partial charge in [-0.25, -0.2) is 0 Å². The monoisotopic (exact) mass is 351 g/mol.